The van der Waals surface area contributed by atoms with Crippen LogP contribution < -0.4 is 0 Å². The molecule has 0 amide bonds. The van der Waals surface area contributed by atoms with Gasteiger partial charge in [-0.25, -0.2) is 0 Å². The Morgan fingerprint density at radius 2 is 0.865 bits per heavy atom. The predicted molar refractivity (Wildman–Crippen MR) is 155 cm³/mol. The second-order valence-electron chi connectivity index (χ2n) is 9.91. The van der Waals surface area contributed by atoms with Gasteiger partial charge >= 0.3 is 0 Å². The fourth-order valence-corrected chi connectivity index (χ4v) is 3.97. The van der Waals surface area contributed by atoms with Gasteiger partial charge in [0.15, 0.2) is 12.6 Å². The minimum atomic E-state index is -0.448. The molecule has 5 nitrogen and oxygen atoms in total. The van der Waals surface area contributed by atoms with Crippen LogP contribution in [0.5, 0.6) is 0 Å². The first kappa shape index (κ1) is 35.7. The summed E-state index contributed by atoms with van der Waals surface area (Å²) >= 11 is 0. The Hall–Kier alpha value is -1.30. The molecule has 0 radical (unpaired) electrons. The Morgan fingerprint density at radius 3 is 1.27 bits per heavy atom. The van der Waals surface area contributed by atoms with Crippen molar-refractivity contribution in [2.75, 3.05) is 13.2 Å². The zero-order valence-electron chi connectivity index (χ0n) is 24.2. The number of unbranched alkanes of at least 4 members (excludes halogenated alkanes) is 16. The van der Waals surface area contributed by atoms with Crippen molar-refractivity contribution in [3.63, 3.8) is 0 Å². The van der Waals surface area contributed by atoms with Crippen LogP contribution in [0.1, 0.15) is 142 Å². The molecule has 0 N–H and O–H groups in total. The van der Waals surface area contributed by atoms with Crippen molar-refractivity contribution in [1.29, 1.82) is 0 Å². The van der Waals surface area contributed by atoms with E-state index in [9.17, 15) is 9.59 Å². The lowest BCUT2D eigenvalue weighted by atomic mass is 10.1. The topological polar surface area (TPSA) is 61.8 Å². The van der Waals surface area contributed by atoms with Gasteiger partial charge in [0.05, 0.1) is 13.2 Å². The highest BCUT2D eigenvalue weighted by atomic mass is 16.8. The van der Waals surface area contributed by atoms with Gasteiger partial charge in [-0.15, -0.1) is 0 Å². The lowest BCUT2D eigenvalue weighted by Gasteiger charge is -2.22. The maximum Gasteiger partial charge on any atom is 0.180 e. The molecule has 216 valence electrons. The van der Waals surface area contributed by atoms with Crippen LogP contribution in [0.4, 0.5) is 0 Å². The number of ether oxygens (including phenoxy) is 3. The second kappa shape index (κ2) is 30.9. The lowest BCUT2D eigenvalue weighted by Crippen LogP contribution is -2.25. The molecule has 0 bridgehead atoms. The van der Waals surface area contributed by atoms with Crippen LogP contribution in [0, 0.1) is 0 Å². The number of aldehydes is 2. The predicted octanol–water partition coefficient (Wildman–Crippen LogP) is 9.04. The Balaban J connectivity index is 4.81. The first-order valence-electron chi connectivity index (χ1n) is 15.4. The van der Waals surface area contributed by atoms with E-state index in [4.69, 9.17) is 14.2 Å². The zero-order chi connectivity index (χ0) is 27.1. The van der Waals surface area contributed by atoms with Gasteiger partial charge in [-0.05, 0) is 63.5 Å². The van der Waals surface area contributed by atoms with Gasteiger partial charge in [0.25, 0.3) is 0 Å². The standard InChI is InChI=1S/C32H58O5/c1-3-5-7-9-17-23-29-35-31(25-19-13-11-15-21-27-33)37-32(26-20-14-12-16-22-28-34)36-30-24-18-10-8-6-4-2/h19-20,25-28,31-32H,3-18,21-24,29-30H2,1-2H3. The highest BCUT2D eigenvalue weighted by Gasteiger charge is 2.13. The Labute approximate surface area is 228 Å². The van der Waals surface area contributed by atoms with Gasteiger partial charge in [-0.3, -0.25) is 0 Å². The molecule has 0 aliphatic rings. The van der Waals surface area contributed by atoms with Crippen molar-refractivity contribution < 1.29 is 23.8 Å². The molecule has 0 aromatic carbocycles. The maximum atomic E-state index is 10.5. The van der Waals surface area contributed by atoms with Crippen LogP contribution in [0.25, 0.3) is 0 Å². The molecule has 0 fully saturated rings. The van der Waals surface area contributed by atoms with Crippen LogP contribution in [0.15, 0.2) is 24.3 Å². The molecule has 2 atom stereocenters. The molecule has 0 spiro atoms. The van der Waals surface area contributed by atoms with Gasteiger partial charge < -0.3 is 23.8 Å². The van der Waals surface area contributed by atoms with E-state index in [0.29, 0.717) is 26.1 Å². The van der Waals surface area contributed by atoms with Crippen molar-refractivity contribution in [2.24, 2.45) is 0 Å². The van der Waals surface area contributed by atoms with Crippen LogP contribution in [-0.4, -0.2) is 38.4 Å². The molecule has 0 aliphatic heterocycles. The fourth-order valence-electron chi connectivity index (χ4n) is 3.97. The average Bonchev–Trinajstić information content (AvgIpc) is 2.91. The van der Waals surface area contributed by atoms with E-state index in [1.807, 2.05) is 12.2 Å². The molecule has 0 saturated heterocycles. The van der Waals surface area contributed by atoms with Crippen LogP contribution >= 0.6 is 0 Å². The number of rotatable bonds is 30. The van der Waals surface area contributed by atoms with E-state index >= 15 is 0 Å². The van der Waals surface area contributed by atoms with Crippen molar-refractivity contribution in [1.82, 2.24) is 0 Å². The van der Waals surface area contributed by atoms with Crippen LogP contribution in [0.3, 0.4) is 0 Å². The van der Waals surface area contributed by atoms with Gasteiger partial charge in [-0.2, -0.15) is 0 Å². The summed E-state index contributed by atoms with van der Waals surface area (Å²) in [5.74, 6) is 0. The first-order valence-corrected chi connectivity index (χ1v) is 15.4. The third-order valence-electron chi connectivity index (χ3n) is 6.30. The van der Waals surface area contributed by atoms with E-state index in [1.54, 1.807) is 0 Å². The first-order chi connectivity index (χ1) is 18.3. The highest BCUT2D eigenvalue weighted by molar-refractivity contribution is 5.49. The summed E-state index contributed by atoms with van der Waals surface area (Å²) in [6.07, 6.45) is 30.8. The van der Waals surface area contributed by atoms with Gasteiger partial charge in [0, 0.05) is 12.8 Å². The number of hydrogen-bond donors (Lipinski definition) is 0. The summed E-state index contributed by atoms with van der Waals surface area (Å²) in [5.41, 5.74) is 0. The molecule has 5 heteroatoms. The highest BCUT2D eigenvalue weighted by Crippen LogP contribution is 2.13. The summed E-state index contributed by atoms with van der Waals surface area (Å²) in [7, 11) is 0. The van der Waals surface area contributed by atoms with Crippen LogP contribution in [0.2, 0.25) is 0 Å². The minimum Gasteiger partial charge on any atom is -0.349 e. The van der Waals surface area contributed by atoms with Gasteiger partial charge in [0.1, 0.15) is 12.6 Å². The molecule has 0 saturated carbocycles. The van der Waals surface area contributed by atoms with E-state index in [0.717, 1.165) is 63.9 Å². The molecule has 37 heavy (non-hydrogen) atoms. The van der Waals surface area contributed by atoms with E-state index in [1.165, 1.54) is 64.2 Å². The molecule has 0 aliphatic carbocycles. The average molecular weight is 523 g/mol. The quantitative estimate of drug-likeness (QED) is 0.0407. The molecule has 0 aromatic heterocycles. The van der Waals surface area contributed by atoms with Crippen molar-refractivity contribution in [3.05, 3.63) is 24.3 Å². The fraction of sp³-hybridized carbons (Fsp3) is 0.812. The minimum absolute atomic E-state index is 0.448. The number of carbonyl (C=O) groups excluding carboxylic acids is 2. The Morgan fingerprint density at radius 1 is 0.486 bits per heavy atom. The van der Waals surface area contributed by atoms with E-state index < -0.39 is 12.6 Å². The second-order valence-corrected chi connectivity index (χ2v) is 9.91. The molecular formula is C32H58O5. The third-order valence-corrected chi connectivity index (χ3v) is 6.30. The normalized spacial score (nSPS) is 13.5. The van der Waals surface area contributed by atoms with Crippen LogP contribution in [-0.2, 0) is 23.8 Å². The maximum absolute atomic E-state index is 10.5. The summed E-state index contributed by atoms with van der Waals surface area (Å²) < 4.78 is 18.5. The third kappa shape index (κ3) is 27.5. The molecule has 0 aromatic rings. The number of hydrogen-bond acceptors (Lipinski definition) is 5. The largest absolute Gasteiger partial charge is 0.349 e. The number of allylic oxidation sites excluding steroid dienone is 2. The van der Waals surface area contributed by atoms with Crippen molar-refractivity contribution in [3.8, 4) is 0 Å². The van der Waals surface area contributed by atoms with Crippen molar-refractivity contribution in [2.45, 2.75) is 155 Å². The summed E-state index contributed by atoms with van der Waals surface area (Å²) in [6, 6.07) is 0. The van der Waals surface area contributed by atoms with Crippen molar-refractivity contribution >= 4 is 12.6 Å². The van der Waals surface area contributed by atoms with E-state index in [2.05, 4.69) is 26.0 Å². The molecule has 0 heterocycles. The lowest BCUT2D eigenvalue weighted by molar-refractivity contribution is -0.208. The summed E-state index contributed by atoms with van der Waals surface area (Å²) in [5, 5.41) is 0. The Kier molecular flexibility index (Phi) is 29.8. The van der Waals surface area contributed by atoms with E-state index in [-0.39, 0.29) is 0 Å². The molecule has 2 unspecified atom stereocenters. The molecular weight excluding hydrogens is 464 g/mol. The summed E-state index contributed by atoms with van der Waals surface area (Å²) in [4.78, 5) is 21.1. The smallest absolute Gasteiger partial charge is 0.180 e. The number of carbonyl (C=O) groups is 2. The summed E-state index contributed by atoms with van der Waals surface area (Å²) in [6.45, 7) is 5.82. The SMILES string of the molecule is CCCCCCCCOC(C=CCCCCC=O)OC(C=CCCCCC=O)OCCCCCCCC. The van der Waals surface area contributed by atoms with Gasteiger partial charge in [-0.1, -0.05) is 90.2 Å². The van der Waals surface area contributed by atoms with Gasteiger partial charge in [0.2, 0.25) is 0 Å². The zero-order valence-corrected chi connectivity index (χ0v) is 24.2. The monoisotopic (exact) mass is 522 g/mol. The Bertz CT molecular complexity index is 485. The molecule has 0 rings (SSSR count).